The molecule has 0 amide bonds. The summed E-state index contributed by atoms with van der Waals surface area (Å²) < 4.78 is 0. The molecule has 1 saturated heterocycles. The highest BCUT2D eigenvalue weighted by Crippen LogP contribution is 2.38. The number of aromatic nitrogens is 1. The average Bonchev–Trinajstić information content (AvgIpc) is 2.80. The van der Waals surface area contributed by atoms with Gasteiger partial charge in [0.05, 0.1) is 17.5 Å². The summed E-state index contributed by atoms with van der Waals surface area (Å²) in [4.78, 5) is 18.5. The Morgan fingerprint density at radius 1 is 0.867 bits per heavy atom. The molecule has 1 N–H and O–H groups in total. The van der Waals surface area contributed by atoms with Crippen molar-refractivity contribution in [1.29, 1.82) is 0 Å². The van der Waals surface area contributed by atoms with Gasteiger partial charge in [0.25, 0.3) is 0 Å². The van der Waals surface area contributed by atoms with Crippen molar-refractivity contribution in [2.75, 3.05) is 13.1 Å². The third-order valence-corrected chi connectivity index (χ3v) is 6.34. The van der Waals surface area contributed by atoms with Crippen molar-refractivity contribution in [1.82, 2.24) is 9.88 Å². The van der Waals surface area contributed by atoms with Crippen molar-refractivity contribution in [2.45, 2.75) is 18.9 Å². The average molecular weight is 396 g/mol. The summed E-state index contributed by atoms with van der Waals surface area (Å²) in [7, 11) is 0. The number of hydrogen-bond donors (Lipinski definition) is 1. The molecule has 2 heterocycles. The first kappa shape index (κ1) is 18.8. The van der Waals surface area contributed by atoms with Gasteiger partial charge in [0.15, 0.2) is 0 Å². The first-order chi connectivity index (χ1) is 14.7. The largest absolute Gasteiger partial charge is 0.481 e. The molecule has 1 atom stereocenters. The predicted octanol–water partition coefficient (Wildman–Crippen LogP) is 5.27. The Morgan fingerprint density at radius 2 is 1.53 bits per heavy atom. The molecule has 3 aromatic carbocycles. The van der Waals surface area contributed by atoms with Crippen molar-refractivity contribution in [3.63, 3.8) is 0 Å². The minimum absolute atomic E-state index is 0.0544. The van der Waals surface area contributed by atoms with E-state index in [0.717, 1.165) is 24.0 Å². The van der Waals surface area contributed by atoms with Gasteiger partial charge >= 0.3 is 5.97 Å². The number of rotatable bonds is 4. The zero-order chi connectivity index (χ0) is 20.5. The van der Waals surface area contributed by atoms with Crippen LogP contribution in [0, 0.1) is 5.92 Å². The number of para-hydroxylation sites is 1. The number of aliphatic carboxylic acids is 1. The van der Waals surface area contributed by atoms with E-state index in [1.54, 1.807) is 0 Å². The fourth-order valence-corrected chi connectivity index (χ4v) is 4.81. The van der Waals surface area contributed by atoms with Gasteiger partial charge in [-0.1, -0.05) is 60.7 Å². The molecule has 0 aliphatic carbocycles. The molecule has 4 aromatic rings. The highest BCUT2D eigenvalue weighted by molar-refractivity contribution is 5.88. The smallest absolute Gasteiger partial charge is 0.306 e. The quantitative estimate of drug-likeness (QED) is 0.510. The van der Waals surface area contributed by atoms with E-state index in [-0.39, 0.29) is 12.0 Å². The number of pyridine rings is 1. The van der Waals surface area contributed by atoms with Crippen LogP contribution in [-0.2, 0) is 4.79 Å². The lowest BCUT2D eigenvalue weighted by molar-refractivity contribution is -0.143. The Balaban J connectivity index is 1.68. The molecule has 30 heavy (non-hydrogen) atoms. The summed E-state index contributed by atoms with van der Waals surface area (Å²) in [6.07, 6.45) is 3.25. The molecule has 4 heteroatoms. The lowest BCUT2D eigenvalue weighted by atomic mass is 9.88. The van der Waals surface area contributed by atoms with Crippen molar-refractivity contribution < 1.29 is 9.90 Å². The van der Waals surface area contributed by atoms with Crippen LogP contribution in [0.4, 0.5) is 0 Å². The van der Waals surface area contributed by atoms with Gasteiger partial charge in [0, 0.05) is 11.6 Å². The van der Waals surface area contributed by atoms with Crippen LogP contribution in [0.3, 0.4) is 0 Å². The second-order valence-electron chi connectivity index (χ2n) is 8.04. The summed E-state index contributed by atoms with van der Waals surface area (Å²) in [6.45, 7) is 1.53. The first-order valence-corrected chi connectivity index (χ1v) is 10.5. The number of benzene rings is 3. The van der Waals surface area contributed by atoms with E-state index >= 15 is 0 Å². The molecule has 5 rings (SSSR count). The fraction of sp³-hybridized carbons (Fsp3) is 0.231. The van der Waals surface area contributed by atoms with E-state index in [1.807, 2.05) is 12.3 Å². The molecule has 0 bridgehead atoms. The van der Waals surface area contributed by atoms with E-state index in [4.69, 9.17) is 0 Å². The Morgan fingerprint density at radius 3 is 2.33 bits per heavy atom. The van der Waals surface area contributed by atoms with Crippen molar-refractivity contribution in [3.05, 3.63) is 90.1 Å². The van der Waals surface area contributed by atoms with Gasteiger partial charge in [-0.2, -0.15) is 0 Å². The molecule has 1 fully saturated rings. The summed E-state index contributed by atoms with van der Waals surface area (Å²) >= 11 is 0. The molecule has 1 aromatic heterocycles. The Labute approximate surface area is 175 Å². The van der Waals surface area contributed by atoms with E-state index in [9.17, 15) is 9.90 Å². The topological polar surface area (TPSA) is 53.4 Å². The number of fused-ring (bicyclic) bond motifs is 2. The van der Waals surface area contributed by atoms with Gasteiger partial charge in [0.2, 0.25) is 0 Å². The van der Waals surface area contributed by atoms with Gasteiger partial charge in [0.1, 0.15) is 0 Å². The number of nitrogens with zero attached hydrogens (tertiary/aromatic N) is 2. The van der Waals surface area contributed by atoms with Crippen LogP contribution in [0.5, 0.6) is 0 Å². The van der Waals surface area contributed by atoms with Crippen LogP contribution < -0.4 is 0 Å². The molecule has 1 unspecified atom stereocenters. The molecule has 0 saturated carbocycles. The predicted molar refractivity (Wildman–Crippen MR) is 119 cm³/mol. The molecular formula is C26H24N2O2. The number of hydrogen-bond acceptors (Lipinski definition) is 3. The second-order valence-corrected chi connectivity index (χ2v) is 8.04. The normalized spacial score (nSPS) is 16.7. The van der Waals surface area contributed by atoms with Gasteiger partial charge in [-0.05, 0) is 60.0 Å². The number of likely N-dealkylation sites (tertiary alicyclic amines) is 1. The van der Waals surface area contributed by atoms with E-state index in [0.29, 0.717) is 12.8 Å². The number of carbonyl (C=O) groups is 1. The third-order valence-electron chi connectivity index (χ3n) is 6.34. The lowest BCUT2D eigenvalue weighted by Gasteiger charge is -2.38. The fourth-order valence-electron chi connectivity index (χ4n) is 4.81. The van der Waals surface area contributed by atoms with E-state index in [2.05, 4.69) is 76.6 Å². The second kappa shape index (κ2) is 7.88. The van der Waals surface area contributed by atoms with Crippen LogP contribution in [-0.4, -0.2) is 34.0 Å². The van der Waals surface area contributed by atoms with Crippen LogP contribution >= 0.6 is 0 Å². The maximum Gasteiger partial charge on any atom is 0.306 e. The van der Waals surface area contributed by atoms with E-state index in [1.165, 1.54) is 21.9 Å². The lowest BCUT2D eigenvalue weighted by Crippen LogP contribution is -2.39. The van der Waals surface area contributed by atoms with Crippen LogP contribution in [0.15, 0.2) is 79.0 Å². The van der Waals surface area contributed by atoms with Gasteiger partial charge in [-0.25, -0.2) is 0 Å². The first-order valence-electron chi connectivity index (χ1n) is 10.5. The number of piperidine rings is 1. The molecule has 1 aliphatic rings. The minimum Gasteiger partial charge on any atom is -0.481 e. The van der Waals surface area contributed by atoms with Crippen molar-refractivity contribution in [3.8, 4) is 0 Å². The van der Waals surface area contributed by atoms with Gasteiger partial charge in [-0.15, -0.1) is 0 Å². The van der Waals surface area contributed by atoms with Gasteiger partial charge < -0.3 is 5.11 Å². The zero-order valence-electron chi connectivity index (χ0n) is 16.7. The monoisotopic (exact) mass is 396 g/mol. The van der Waals surface area contributed by atoms with E-state index < -0.39 is 5.97 Å². The van der Waals surface area contributed by atoms with Crippen LogP contribution in [0.25, 0.3) is 21.7 Å². The standard InChI is InChI=1S/C26H24N2O2/c29-26(30)19-13-16-28(17-14-19)25(22-10-5-7-18-6-1-2-8-20(18)22)23-12-15-27-24-11-4-3-9-21(23)24/h1-12,15,19,25H,13-14,16-17H2,(H,29,30). The molecular weight excluding hydrogens is 372 g/mol. The van der Waals surface area contributed by atoms with Gasteiger partial charge in [-0.3, -0.25) is 14.7 Å². The highest BCUT2D eigenvalue weighted by atomic mass is 16.4. The third kappa shape index (κ3) is 3.33. The number of carboxylic acids is 1. The Kier molecular flexibility index (Phi) is 4.93. The van der Waals surface area contributed by atoms with Crippen LogP contribution in [0.2, 0.25) is 0 Å². The highest BCUT2D eigenvalue weighted by Gasteiger charge is 2.31. The zero-order valence-corrected chi connectivity index (χ0v) is 16.7. The maximum atomic E-state index is 11.5. The summed E-state index contributed by atoms with van der Waals surface area (Å²) in [5, 5.41) is 13.1. The minimum atomic E-state index is -0.675. The van der Waals surface area contributed by atoms with Crippen molar-refractivity contribution >= 4 is 27.6 Å². The maximum absolute atomic E-state index is 11.5. The molecule has 0 spiro atoms. The number of carboxylic acid groups (broad SMARTS) is 1. The SMILES string of the molecule is O=C(O)C1CCN(C(c2cccc3ccccc23)c2ccnc3ccccc23)CC1. The van der Waals surface area contributed by atoms with Crippen molar-refractivity contribution in [2.24, 2.45) is 5.92 Å². The van der Waals surface area contributed by atoms with Crippen LogP contribution in [0.1, 0.15) is 30.0 Å². The summed E-state index contributed by atoms with van der Waals surface area (Å²) in [6, 6.07) is 25.4. The molecule has 0 radical (unpaired) electrons. The Bertz CT molecular complexity index is 1120. The molecule has 1 aliphatic heterocycles. The molecule has 150 valence electrons. The summed E-state index contributed by atoms with van der Waals surface area (Å²) in [5.74, 6) is -0.922. The summed E-state index contributed by atoms with van der Waals surface area (Å²) in [5.41, 5.74) is 3.48. The Hall–Kier alpha value is -3.24. The molecule has 4 nitrogen and oxygen atoms in total.